The van der Waals surface area contributed by atoms with Gasteiger partial charge < -0.3 is 15.4 Å². The lowest BCUT2D eigenvalue weighted by atomic mass is 10.3. The Morgan fingerprint density at radius 1 is 1.32 bits per heavy atom. The first-order chi connectivity index (χ1) is 9.04. The zero-order chi connectivity index (χ0) is 13.8. The molecule has 19 heavy (non-hydrogen) atoms. The van der Waals surface area contributed by atoms with Gasteiger partial charge in [0.25, 0.3) is 0 Å². The highest BCUT2D eigenvalue weighted by Gasteiger charge is 2.18. The minimum absolute atomic E-state index is 0.339. The van der Waals surface area contributed by atoms with Crippen LogP contribution in [0.25, 0.3) is 0 Å². The third kappa shape index (κ3) is 3.87. The van der Waals surface area contributed by atoms with Crippen molar-refractivity contribution in [1.29, 1.82) is 0 Å². The maximum Gasteiger partial charge on any atom is 0.332 e. The van der Waals surface area contributed by atoms with Crippen molar-refractivity contribution in [3.63, 3.8) is 0 Å². The van der Waals surface area contributed by atoms with E-state index in [1.165, 1.54) is 12.1 Å². The zero-order valence-corrected chi connectivity index (χ0v) is 11.2. The molecule has 1 atom stereocenters. The maximum atomic E-state index is 11.7. The van der Waals surface area contributed by atoms with Crippen LogP contribution < -0.4 is 10.6 Å². The molecular weight excluding hydrogens is 291 g/mol. The number of halogens is 2. The monoisotopic (exact) mass is 300 g/mol. The van der Waals surface area contributed by atoms with Crippen LogP contribution in [-0.2, 0) is 9.53 Å². The number of anilines is 1. The first kappa shape index (κ1) is 13.7. The third-order valence-electron chi connectivity index (χ3n) is 2.33. The minimum atomic E-state index is -0.666. The van der Waals surface area contributed by atoms with Gasteiger partial charge in [0.05, 0.1) is 10.0 Å². The predicted octanol–water partition coefficient (Wildman–Crippen LogP) is 2.94. The van der Waals surface area contributed by atoms with Crippen molar-refractivity contribution in [3.05, 3.63) is 40.4 Å². The van der Waals surface area contributed by atoms with Gasteiger partial charge in [-0.1, -0.05) is 29.3 Å². The maximum absolute atomic E-state index is 11.7. The predicted molar refractivity (Wildman–Crippen MR) is 72.3 cm³/mol. The number of carbonyl (C=O) groups is 2. The highest BCUT2D eigenvalue weighted by Crippen LogP contribution is 2.24. The molecule has 2 amide bonds. The molecule has 1 unspecified atom stereocenters. The second kappa shape index (κ2) is 5.95. The fraction of sp³-hybridized carbons (Fsp3) is 0.167. The van der Waals surface area contributed by atoms with Crippen molar-refractivity contribution in [1.82, 2.24) is 5.32 Å². The van der Waals surface area contributed by atoms with Crippen molar-refractivity contribution in [2.24, 2.45) is 0 Å². The van der Waals surface area contributed by atoms with Crippen LogP contribution in [0.1, 0.15) is 6.42 Å². The second-order valence-electron chi connectivity index (χ2n) is 3.79. The second-order valence-corrected chi connectivity index (χ2v) is 4.61. The van der Waals surface area contributed by atoms with E-state index in [9.17, 15) is 9.59 Å². The summed E-state index contributed by atoms with van der Waals surface area (Å²) in [5, 5.41) is 5.82. The Bertz CT molecular complexity index is 546. The number of cyclic esters (lactones) is 1. The first-order valence-corrected chi connectivity index (χ1v) is 6.20. The van der Waals surface area contributed by atoms with Gasteiger partial charge in [-0.25, -0.2) is 9.59 Å². The van der Waals surface area contributed by atoms with E-state index in [1.807, 2.05) is 0 Å². The molecule has 0 aliphatic carbocycles. The van der Waals surface area contributed by atoms with E-state index in [2.05, 4.69) is 10.6 Å². The Morgan fingerprint density at radius 3 is 2.79 bits per heavy atom. The van der Waals surface area contributed by atoms with E-state index >= 15 is 0 Å². The van der Waals surface area contributed by atoms with E-state index in [-0.39, 0.29) is 0 Å². The van der Waals surface area contributed by atoms with Crippen LogP contribution in [0.3, 0.4) is 0 Å². The lowest BCUT2D eigenvalue weighted by molar-refractivity contribution is -0.144. The van der Waals surface area contributed by atoms with E-state index in [0.717, 1.165) is 0 Å². The van der Waals surface area contributed by atoms with Gasteiger partial charge in [0.1, 0.15) is 0 Å². The molecule has 5 nitrogen and oxygen atoms in total. The molecule has 7 heteroatoms. The van der Waals surface area contributed by atoms with Gasteiger partial charge in [-0.15, -0.1) is 0 Å². The van der Waals surface area contributed by atoms with Crippen LogP contribution in [-0.4, -0.2) is 18.2 Å². The Hall–Kier alpha value is -1.72. The number of esters is 1. The van der Waals surface area contributed by atoms with Gasteiger partial charge in [0, 0.05) is 18.2 Å². The minimum Gasteiger partial charge on any atom is -0.438 e. The summed E-state index contributed by atoms with van der Waals surface area (Å²) in [6, 6.07) is 4.21. The van der Waals surface area contributed by atoms with Gasteiger partial charge in [-0.2, -0.15) is 0 Å². The van der Waals surface area contributed by atoms with Gasteiger partial charge in [0.15, 0.2) is 6.23 Å². The summed E-state index contributed by atoms with van der Waals surface area (Å²) in [5.41, 5.74) is 0.490. The number of urea groups is 1. The molecule has 0 fully saturated rings. The molecule has 1 heterocycles. The number of hydrogen-bond acceptors (Lipinski definition) is 3. The average molecular weight is 301 g/mol. The Labute approximate surface area is 119 Å². The van der Waals surface area contributed by atoms with E-state index in [4.69, 9.17) is 27.9 Å². The third-order valence-corrected chi connectivity index (χ3v) is 3.07. The number of nitrogens with one attached hydrogen (secondary N) is 2. The quantitative estimate of drug-likeness (QED) is 0.825. The number of hydrogen-bond donors (Lipinski definition) is 2. The molecule has 2 N–H and O–H groups in total. The number of carbonyl (C=O) groups excluding carboxylic acids is 2. The van der Waals surface area contributed by atoms with Crippen molar-refractivity contribution in [3.8, 4) is 0 Å². The fourth-order valence-electron chi connectivity index (χ4n) is 1.49. The molecular formula is C12H10Cl2N2O3. The molecule has 0 aromatic heterocycles. The highest BCUT2D eigenvalue weighted by molar-refractivity contribution is 6.42. The molecule has 0 saturated heterocycles. The topological polar surface area (TPSA) is 67.4 Å². The molecule has 1 aromatic carbocycles. The number of benzene rings is 1. The Balaban J connectivity index is 1.92. The smallest absolute Gasteiger partial charge is 0.332 e. The first-order valence-electron chi connectivity index (χ1n) is 5.44. The number of amides is 2. The standard InChI is InChI=1S/C12H10Cl2N2O3/c13-8-5-4-7(6-9(8)14)15-12(18)16-10-2-1-3-11(17)19-10/h1,3-6,10H,2H2,(H2,15,16,18). The van der Waals surface area contributed by atoms with Crippen molar-refractivity contribution in [2.75, 3.05) is 5.32 Å². The molecule has 1 aromatic rings. The normalized spacial score (nSPS) is 17.8. The summed E-state index contributed by atoms with van der Waals surface area (Å²) in [5.74, 6) is -0.480. The van der Waals surface area contributed by atoms with Crippen molar-refractivity contribution >= 4 is 40.9 Å². The summed E-state index contributed by atoms with van der Waals surface area (Å²) in [6.45, 7) is 0. The van der Waals surface area contributed by atoms with Crippen LogP contribution in [0.2, 0.25) is 10.0 Å². The van der Waals surface area contributed by atoms with Gasteiger partial charge in [0.2, 0.25) is 0 Å². The number of ether oxygens (including phenoxy) is 1. The fourth-order valence-corrected chi connectivity index (χ4v) is 1.79. The molecule has 1 aliphatic rings. The van der Waals surface area contributed by atoms with Crippen LogP contribution in [0.5, 0.6) is 0 Å². The molecule has 100 valence electrons. The van der Waals surface area contributed by atoms with Crippen LogP contribution in [0, 0.1) is 0 Å². The molecule has 2 rings (SSSR count). The van der Waals surface area contributed by atoms with Crippen molar-refractivity contribution in [2.45, 2.75) is 12.6 Å². The Morgan fingerprint density at radius 2 is 2.11 bits per heavy atom. The van der Waals surface area contributed by atoms with Crippen LogP contribution in [0.15, 0.2) is 30.4 Å². The van der Waals surface area contributed by atoms with Crippen molar-refractivity contribution < 1.29 is 14.3 Å². The summed E-state index contributed by atoms with van der Waals surface area (Å²) in [7, 11) is 0. The molecule has 1 aliphatic heterocycles. The van der Waals surface area contributed by atoms with Gasteiger partial charge in [-0.05, 0) is 18.2 Å². The molecule has 0 spiro atoms. The Kier molecular flexibility index (Phi) is 4.29. The summed E-state index contributed by atoms with van der Waals surface area (Å²) >= 11 is 11.6. The summed E-state index contributed by atoms with van der Waals surface area (Å²) in [4.78, 5) is 22.7. The molecule has 0 bridgehead atoms. The lowest BCUT2D eigenvalue weighted by Crippen LogP contribution is -2.41. The summed E-state index contributed by atoms with van der Waals surface area (Å²) in [6.07, 6.45) is 2.71. The SMILES string of the molecule is O=C(Nc1ccc(Cl)c(Cl)c1)NC1CC=CC(=O)O1. The van der Waals surface area contributed by atoms with E-state index in [0.29, 0.717) is 22.2 Å². The highest BCUT2D eigenvalue weighted by atomic mass is 35.5. The average Bonchev–Trinajstić information content (AvgIpc) is 2.34. The molecule has 0 saturated carbocycles. The van der Waals surface area contributed by atoms with Gasteiger partial charge >= 0.3 is 12.0 Å². The zero-order valence-electron chi connectivity index (χ0n) is 9.65. The largest absolute Gasteiger partial charge is 0.438 e. The van der Waals surface area contributed by atoms with Crippen LogP contribution >= 0.6 is 23.2 Å². The van der Waals surface area contributed by atoms with E-state index in [1.54, 1.807) is 18.2 Å². The van der Waals surface area contributed by atoms with Crippen LogP contribution in [0.4, 0.5) is 10.5 Å². The summed E-state index contributed by atoms with van der Waals surface area (Å²) < 4.78 is 4.89. The van der Waals surface area contributed by atoms with Gasteiger partial charge in [-0.3, -0.25) is 0 Å². The number of rotatable bonds is 2. The lowest BCUT2D eigenvalue weighted by Gasteiger charge is -2.20. The molecule has 0 radical (unpaired) electrons. The van der Waals surface area contributed by atoms with E-state index < -0.39 is 18.2 Å².